The van der Waals surface area contributed by atoms with E-state index >= 15 is 0 Å². The number of thioether (sulfide) groups is 1. The van der Waals surface area contributed by atoms with Crippen molar-refractivity contribution in [3.05, 3.63) is 34.9 Å². The summed E-state index contributed by atoms with van der Waals surface area (Å²) in [6.07, 6.45) is -0.175. The van der Waals surface area contributed by atoms with Crippen molar-refractivity contribution in [2.75, 3.05) is 5.75 Å². The molecule has 1 heterocycles. The normalized spacial score (nSPS) is 21.5. The lowest BCUT2D eigenvalue weighted by Gasteiger charge is -2.11. The van der Waals surface area contributed by atoms with Crippen LogP contribution in [0.15, 0.2) is 12.1 Å². The van der Waals surface area contributed by atoms with Crippen LogP contribution in [0.1, 0.15) is 23.7 Å². The van der Waals surface area contributed by atoms with E-state index in [0.29, 0.717) is 23.3 Å². The van der Waals surface area contributed by atoms with Crippen molar-refractivity contribution in [2.24, 2.45) is 0 Å². The standard InChI is InChI=1S/C10H10F2OS/c11-6-3-7-8(9(12)4-6)5-14-2-1-10(7)13/h3-4,10,13H,1-2,5H2/t10-/m0/s1. The van der Waals surface area contributed by atoms with Crippen LogP contribution in [0.4, 0.5) is 8.78 Å². The zero-order chi connectivity index (χ0) is 10.1. The monoisotopic (exact) mass is 216 g/mol. The summed E-state index contributed by atoms with van der Waals surface area (Å²) in [5.41, 5.74) is 0.855. The largest absolute Gasteiger partial charge is 0.388 e. The van der Waals surface area contributed by atoms with Crippen LogP contribution < -0.4 is 0 Å². The molecular weight excluding hydrogens is 206 g/mol. The molecule has 1 nitrogen and oxygen atoms in total. The van der Waals surface area contributed by atoms with Crippen LogP contribution in [0.2, 0.25) is 0 Å². The van der Waals surface area contributed by atoms with Gasteiger partial charge < -0.3 is 5.11 Å². The maximum Gasteiger partial charge on any atom is 0.130 e. The minimum Gasteiger partial charge on any atom is -0.388 e. The lowest BCUT2D eigenvalue weighted by Crippen LogP contribution is -2.02. The van der Waals surface area contributed by atoms with Crippen molar-refractivity contribution in [3.63, 3.8) is 0 Å². The maximum absolute atomic E-state index is 13.3. The molecule has 1 aliphatic rings. The average Bonchev–Trinajstić information content (AvgIpc) is 2.29. The van der Waals surface area contributed by atoms with Gasteiger partial charge >= 0.3 is 0 Å². The van der Waals surface area contributed by atoms with E-state index in [9.17, 15) is 13.9 Å². The topological polar surface area (TPSA) is 20.2 Å². The van der Waals surface area contributed by atoms with E-state index in [4.69, 9.17) is 0 Å². The fourth-order valence-electron chi connectivity index (χ4n) is 1.60. The summed E-state index contributed by atoms with van der Waals surface area (Å²) in [7, 11) is 0. The molecule has 0 saturated carbocycles. The number of aliphatic hydroxyl groups is 1. The van der Waals surface area contributed by atoms with Gasteiger partial charge in [-0.1, -0.05) is 0 Å². The van der Waals surface area contributed by atoms with Gasteiger partial charge in [-0.2, -0.15) is 11.8 Å². The van der Waals surface area contributed by atoms with Gasteiger partial charge in [0.05, 0.1) is 6.10 Å². The summed E-state index contributed by atoms with van der Waals surface area (Å²) in [5, 5.41) is 9.64. The van der Waals surface area contributed by atoms with Crippen LogP contribution in [0.25, 0.3) is 0 Å². The lowest BCUT2D eigenvalue weighted by molar-refractivity contribution is 0.174. The van der Waals surface area contributed by atoms with Gasteiger partial charge in [0.2, 0.25) is 0 Å². The molecule has 0 unspecified atom stereocenters. The second-order valence-electron chi connectivity index (χ2n) is 3.31. The molecule has 1 aromatic carbocycles. The molecule has 0 aliphatic carbocycles. The van der Waals surface area contributed by atoms with E-state index in [0.717, 1.165) is 11.8 Å². The fourth-order valence-corrected chi connectivity index (χ4v) is 2.64. The van der Waals surface area contributed by atoms with Gasteiger partial charge in [-0.05, 0) is 23.8 Å². The van der Waals surface area contributed by atoms with Crippen molar-refractivity contribution in [2.45, 2.75) is 18.3 Å². The van der Waals surface area contributed by atoms with Crippen molar-refractivity contribution < 1.29 is 13.9 Å². The lowest BCUT2D eigenvalue weighted by atomic mass is 10.0. The van der Waals surface area contributed by atoms with Crippen LogP contribution in [-0.2, 0) is 5.75 Å². The molecule has 0 saturated heterocycles. The third kappa shape index (κ3) is 1.77. The first-order chi connectivity index (χ1) is 6.68. The summed E-state index contributed by atoms with van der Waals surface area (Å²) in [6.45, 7) is 0. The number of halogens is 2. The number of rotatable bonds is 0. The molecule has 76 valence electrons. The number of hydrogen-bond acceptors (Lipinski definition) is 2. The second-order valence-corrected chi connectivity index (χ2v) is 4.42. The Morgan fingerprint density at radius 3 is 2.93 bits per heavy atom. The van der Waals surface area contributed by atoms with Crippen molar-refractivity contribution in [3.8, 4) is 0 Å². The van der Waals surface area contributed by atoms with Gasteiger partial charge in [0.1, 0.15) is 11.6 Å². The summed E-state index contributed by atoms with van der Waals surface area (Å²) in [4.78, 5) is 0. The van der Waals surface area contributed by atoms with E-state index in [1.807, 2.05) is 0 Å². The third-order valence-corrected chi connectivity index (χ3v) is 3.35. The molecule has 0 radical (unpaired) electrons. The quantitative estimate of drug-likeness (QED) is 0.719. The zero-order valence-electron chi connectivity index (χ0n) is 7.46. The molecule has 14 heavy (non-hydrogen) atoms. The molecule has 0 bridgehead atoms. The van der Waals surface area contributed by atoms with Gasteiger partial charge in [-0.3, -0.25) is 0 Å². The maximum atomic E-state index is 13.3. The Balaban J connectivity index is 2.53. The molecule has 4 heteroatoms. The molecule has 1 aromatic rings. The highest BCUT2D eigenvalue weighted by molar-refractivity contribution is 7.98. The third-order valence-electron chi connectivity index (χ3n) is 2.34. The van der Waals surface area contributed by atoms with Crippen molar-refractivity contribution >= 4 is 11.8 Å². The van der Waals surface area contributed by atoms with Crippen LogP contribution in [0.5, 0.6) is 0 Å². The van der Waals surface area contributed by atoms with Crippen molar-refractivity contribution in [1.82, 2.24) is 0 Å². The highest BCUT2D eigenvalue weighted by Crippen LogP contribution is 2.32. The molecule has 1 atom stereocenters. The van der Waals surface area contributed by atoms with Crippen LogP contribution >= 0.6 is 11.8 Å². The number of aliphatic hydroxyl groups excluding tert-OH is 1. The summed E-state index contributed by atoms with van der Waals surface area (Å²) < 4.78 is 26.2. The minimum absolute atomic E-state index is 0.410. The predicted molar refractivity (Wildman–Crippen MR) is 52.1 cm³/mol. The zero-order valence-corrected chi connectivity index (χ0v) is 8.28. The highest BCUT2D eigenvalue weighted by Gasteiger charge is 2.20. The van der Waals surface area contributed by atoms with Crippen LogP contribution in [-0.4, -0.2) is 10.9 Å². The van der Waals surface area contributed by atoms with E-state index in [1.165, 1.54) is 6.07 Å². The van der Waals surface area contributed by atoms with Gasteiger partial charge in [-0.15, -0.1) is 0 Å². The number of benzene rings is 1. The van der Waals surface area contributed by atoms with E-state index < -0.39 is 17.7 Å². The average molecular weight is 216 g/mol. The highest BCUT2D eigenvalue weighted by atomic mass is 32.2. The molecule has 2 rings (SSSR count). The first kappa shape index (κ1) is 9.93. The minimum atomic E-state index is -0.731. The SMILES string of the molecule is O[C@H]1CCSCc2c(F)cc(F)cc21. The first-order valence-corrected chi connectivity index (χ1v) is 5.57. The Kier molecular flexibility index (Phi) is 2.74. The molecule has 0 spiro atoms. The molecule has 0 fully saturated rings. The summed E-state index contributed by atoms with van der Waals surface area (Å²) >= 11 is 1.56. The van der Waals surface area contributed by atoms with Crippen LogP contribution in [0.3, 0.4) is 0 Å². The Morgan fingerprint density at radius 1 is 1.36 bits per heavy atom. The van der Waals surface area contributed by atoms with Gasteiger partial charge in [0, 0.05) is 17.4 Å². The predicted octanol–water partition coefficient (Wildman–Crippen LogP) is 2.64. The van der Waals surface area contributed by atoms with Crippen molar-refractivity contribution in [1.29, 1.82) is 0 Å². The Bertz CT molecular complexity index is 354. The molecule has 1 aliphatic heterocycles. The smallest absolute Gasteiger partial charge is 0.130 e. The summed E-state index contributed by atoms with van der Waals surface area (Å²) in [6, 6.07) is 2.10. The van der Waals surface area contributed by atoms with Gasteiger partial charge in [0.25, 0.3) is 0 Å². The number of hydrogen-bond donors (Lipinski definition) is 1. The second kappa shape index (κ2) is 3.87. The van der Waals surface area contributed by atoms with E-state index in [2.05, 4.69) is 0 Å². The summed E-state index contributed by atoms with van der Waals surface area (Å²) in [5.74, 6) is 0.121. The molecular formula is C10H10F2OS. The molecule has 0 aromatic heterocycles. The Morgan fingerprint density at radius 2 is 2.14 bits per heavy atom. The molecule has 0 amide bonds. The van der Waals surface area contributed by atoms with Crippen LogP contribution in [0, 0.1) is 11.6 Å². The van der Waals surface area contributed by atoms with Gasteiger partial charge in [0.15, 0.2) is 0 Å². The number of fused-ring (bicyclic) bond motifs is 1. The Hall–Kier alpha value is -0.610. The van der Waals surface area contributed by atoms with Gasteiger partial charge in [-0.25, -0.2) is 8.78 Å². The van der Waals surface area contributed by atoms with E-state index in [-0.39, 0.29) is 0 Å². The Labute approximate surface area is 85.1 Å². The fraction of sp³-hybridized carbons (Fsp3) is 0.400. The molecule has 1 N–H and O–H groups in total. The first-order valence-electron chi connectivity index (χ1n) is 4.42. The van der Waals surface area contributed by atoms with E-state index in [1.54, 1.807) is 11.8 Å².